The minimum absolute atomic E-state index is 0.214. The number of amides is 1. The lowest BCUT2D eigenvalue weighted by Gasteiger charge is -2.14. The number of rotatable bonds is 7. The zero-order valence-electron chi connectivity index (χ0n) is 17.8. The summed E-state index contributed by atoms with van der Waals surface area (Å²) in [5, 5.41) is 8.75. The number of nitrogens with one attached hydrogen (secondary N) is 1. The van der Waals surface area contributed by atoms with Gasteiger partial charge in [0.15, 0.2) is 10.9 Å². The van der Waals surface area contributed by atoms with Gasteiger partial charge >= 0.3 is 0 Å². The van der Waals surface area contributed by atoms with Crippen LogP contribution >= 0.6 is 11.8 Å². The fourth-order valence-electron chi connectivity index (χ4n) is 3.52. The molecule has 1 N–H and O–H groups in total. The number of thioether (sulfide) groups is 1. The number of aromatic nitrogens is 5. The van der Waals surface area contributed by atoms with Gasteiger partial charge in [-0.2, -0.15) is 5.10 Å². The lowest BCUT2D eigenvalue weighted by atomic mass is 10.1. The van der Waals surface area contributed by atoms with E-state index in [2.05, 4.69) is 25.4 Å². The van der Waals surface area contributed by atoms with Gasteiger partial charge in [-0.1, -0.05) is 42.1 Å². The van der Waals surface area contributed by atoms with Gasteiger partial charge in [0.25, 0.3) is 5.91 Å². The summed E-state index contributed by atoms with van der Waals surface area (Å²) < 4.78 is 7.65. The SMILES string of the molecule is CC(NC(=O)c1oc2ccccc2c1CSc1ncccn1)c1ccc(-n2cncn2)cc1. The van der Waals surface area contributed by atoms with Crippen LogP contribution in [0.25, 0.3) is 16.7 Å². The Morgan fingerprint density at radius 1 is 1.09 bits per heavy atom. The van der Waals surface area contributed by atoms with Gasteiger partial charge < -0.3 is 9.73 Å². The van der Waals surface area contributed by atoms with Crippen LogP contribution in [0.5, 0.6) is 0 Å². The lowest BCUT2D eigenvalue weighted by Crippen LogP contribution is -2.27. The van der Waals surface area contributed by atoms with Crippen molar-refractivity contribution in [3.63, 3.8) is 0 Å². The van der Waals surface area contributed by atoms with Crippen LogP contribution in [0.15, 0.2) is 89.2 Å². The highest BCUT2D eigenvalue weighted by atomic mass is 32.2. The second-order valence-corrected chi connectivity index (χ2v) is 8.30. The topological polar surface area (TPSA) is 98.7 Å². The van der Waals surface area contributed by atoms with Crippen molar-refractivity contribution in [3.8, 4) is 5.69 Å². The summed E-state index contributed by atoms with van der Waals surface area (Å²) in [4.78, 5) is 25.7. The van der Waals surface area contributed by atoms with Crippen molar-refractivity contribution in [3.05, 3.63) is 96.5 Å². The zero-order valence-corrected chi connectivity index (χ0v) is 18.6. The molecule has 3 heterocycles. The molecule has 0 bridgehead atoms. The molecular weight excluding hydrogens is 436 g/mol. The van der Waals surface area contributed by atoms with Gasteiger partial charge in [-0.3, -0.25) is 4.79 Å². The third-order valence-corrected chi connectivity index (χ3v) is 6.12. The van der Waals surface area contributed by atoms with E-state index in [-0.39, 0.29) is 11.9 Å². The number of benzene rings is 2. The molecule has 5 rings (SSSR count). The fourth-order valence-corrected chi connectivity index (χ4v) is 4.36. The maximum Gasteiger partial charge on any atom is 0.287 e. The maximum absolute atomic E-state index is 13.2. The van der Waals surface area contributed by atoms with Gasteiger partial charge in [-0.05, 0) is 36.8 Å². The average Bonchev–Trinajstić information content (AvgIpc) is 3.52. The van der Waals surface area contributed by atoms with Gasteiger partial charge in [-0.15, -0.1) is 0 Å². The van der Waals surface area contributed by atoms with Gasteiger partial charge in [0.1, 0.15) is 18.2 Å². The molecule has 1 atom stereocenters. The number of fused-ring (bicyclic) bond motifs is 1. The van der Waals surface area contributed by atoms with Gasteiger partial charge in [0.2, 0.25) is 0 Å². The molecule has 0 saturated heterocycles. The number of hydrogen-bond acceptors (Lipinski definition) is 7. The summed E-state index contributed by atoms with van der Waals surface area (Å²) in [7, 11) is 0. The molecule has 164 valence electrons. The predicted molar refractivity (Wildman–Crippen MR) is 125 cm³/mol. The van der Waals surface area contributed by atoms with Crippen LogP contribution < -0.4 is 5.32 Å². The summed E-state index contributed by atoms with van der Waals surface area (Å²) in [6.07, 6.45) is 6.53. The van der Waals surface area contributed by atoms with Crippen LogP contribution in [0.3, 0.4) is 0 Å². The molecule has 1 unspecified atom stereocenters. The Balaban J connectivity index is 1.36. The first-order valence-corrected chi connectivity index (χ1v) is 11.3. The van der Waals surface area contributed by atoms with Crippen LogP contribution in [0.1, 0.15) is 34.6 Å². The number of furan rings is 1. The second kappa shape index (κ2) is 9.25. The first-order valence-electron chi connectivity index (χ1n) is 10.3. The summed E-state index contributed by atoms with van der Waals surface area (Å²) in [6, 6.07) is 17.0. The summed E-state index contributed by atoms with van der Waals surface area (Å²) in [5.74, 6) is 0.569. The molecule has 5 aromatic rings. The summed E-state index contributed by atoms with van der Waals surface area (Å²) >= 11 is 1.46. The summed E-state index contributed by atoms with van der Waals surface area (Å²) in [5.41, 5.74) is 3.37. The molecule has 8 nitrogen and oxygen atoms in total. The third-order valence-electron chi connectivity index (χ3n) is 5.22. The molecule has 0 fully saturated rings. The molecule has 1 amide bonds. The number of carbonyl (C=O) groups excluding carboxylic acids is 1. The fraction of sp³-hybridized carbons (Fsp3) is 0.125. The van der Waals surface area contributed by atoms with Crippen LogP contribution in [0.4, 0.5) is 0 Å². The molecule has 0 aliphatic rings. The van der Waals surface area contributed by atoms with E-state index in [1.165, 1.54) is 18.1 Å². The van der Waals surface area contributed by atoms with E-state index in [1.54, 1.807) is 29.5 Å². The quantitative estimate of drug-likeness (QED) is 0.282. The van der Waals surface area contributed by atoms with Crippen molar-refractivity contribution in [2.45, 2.75) is 23.9 Å². The van der Waals surface area contributed by atoms with Crippen LogP contribution in [0, 0.1) is 0 Å². The Hall–Kier alpha value is -3.98. The van der Waals surface area contributed by atoms with Crippen LogP contribution in [-0.4, -0.2) is 30.6 Å². The molecule has 2 aromatic carbocycles. The Morgan fingerprint density at radius 2 is 1.88 bits per heavy atom. The van der Waals surface area contributed by atoms with Crippen molar-refractivity contribution in [2.24, 2.45) is 0 Å². The molecule has 0 radical (unpaired) electrons. The second-order valence-electron chi connectivity index (χ2n) is 7.35. The summed E-state index contributed by atoms with van der Waals surface area (Å²) in [6.45, 7) is 1.94. The Labute approximate surface area is 194 Å². The van der Waals surface area contributed by atoms with Crippen molar-refractivity contribution in [1.82, 2.24) is 30.0 Å². The predicted octanol–water partition coefficient (Wildman–Crippen LogP) is 4.59. The number of carbonyl (C=O) groups is 1. The molecule has 0 spiro atoms. The van der Waals surface area contributed by atoms with E-state index in [9.17, 15) is 4.79 Å². The number of nitrogens with zero attached hydrogens (tertiary/aromatic N) is 5. The first kappa shape index (κ1) is 20.9. The molecule has 0 saturated carbocycles. The van der Waals surface area contributed by atoms with Gasteiger partial charge in [0.05, 0.1) is 11.7 Å². The van der Waals surface area contributed by atoms with E-state index < -0.39 is 0 Å². The molecule has 0 aliphatic heterocycles. The van der Waals surface area contributed by atoms with Crippen molar-refractivity contribution in [2.75, 3.05) is 0 Å². The highest BCUT2D eigenvalue weighted by molar-refractivity contribution is 7.98. The van der Waals surface area contributed by atoms with Crippen molar-refractivity contribution in [1.29, 1.82) is 0 Å². The van der Waals surface area contributed by atoms with Gasteiger partial charge in [0, 0.05) is 29.1 Å². The average molecular weight is 457 g/mol. The van der Waals surface area contributed by atoms with Crippen LogP contribution in [-0.2, 0) is 5.75 Å². The van der Waals surface area contributed by atoms with Gasteiger partial charge in [-0.25, -0.2) is 19.6 Å². The van der Waals surface area contributed by atoms with Crippen molar-refractivity contribution < 1.29 is 9.21 Å². The first-order chi connectivity index (χ1) is 16.2. The van der Waals surface area contributed by atoms with E-state index in [0.717, 1.165) is 22.2 Å². The maximum atomic E-state index is 13.2. The molecule has 33 heavy (non-hydrogen) atoms. The Morgan fingerprint density at radius 3 is 2.64 bits per heavy atom. The highest BCUT2D eigenvalue weighted by Gasteiger charge is 2.22. The van der Waals surface area contributed by atoms with Crippen LogP contribution in [0.2, 0.25) is 0 Å². The van der Waals surface area contributed by atoms with E-state index in [1.807, 2.05) is 55.5 Å². The molecular formula is C24H20N6O2S. The van der Waals surface area contributed by atoms with E-state index in [4.69, 9.17) is 4.42 Å². The Bertz CT molecular complexity index is 1370. The normalized spacial score (nSPS) is 12.0. The Kier molecular flexibility index (Phi) is 5.86. The minimum atomic E-state index is -0.261. The van der Waals surface area contributed by atoms with E-state index >= 15 is 0 Å². The zero-order chi connectivity index (χ0) is 22.6. The number of hydrogen-bond donors (Lipinski definition) is 1. The number of para-hydroxylation sites is 1. The van der Waals surface area contributed by atoms with E-state index in [0.29, 0.717) is 22.3 Å². The lowest BCUT2D eigenvalue weighted by molar-refractivity contribution is 0.0913. The minimum Gasteiger partial charge on any atom is -0.451 e. The smallest absolute Gasteiger partial charge is 0.287 e. The highest BCUT2D eigenvalue weighted by Crippen LogP contribution is 2.31. The van der Waals surface area contributed by atoms with Crippen molar-refractivity contribution >= 4 is 28.6 Å². The standard InChI is InChI=1S/C24H20N6O2S/c1-16(17-7-9-18(10-8-17)30-15-25-14-28-30)29-23(31)22-20(13-33-24-26-11-4-12-27-24)19-5-2-3-6-21(19)32-22/h2-12,14-16H,13H2,1H3,(H,29,31). The monoisotopic (exact) mass is 456 g/mol. The third kappa shape index (κ3) is 4.49. The molecule has 0 aliphatic carbocycles. The molecule has 3 aromatic heterocycles. The largest absolute Gasteiger partial charge is 0.451 e. The molecule has 9 heteroatoms.